The number of fused-ring (bicyclic) bond motifs is 1. The highest BCUT2D eigenvalue weighted by Gasteiger charge is 2.25. The minimum atomic E-state index is -4.11. The molecular formula is C31H30ClFN8O5S. The fraction of sp³-hybridized carbons (Fsp3) is 0.258. The second-order valence-corrected chi connectivity index (χ2v) is 13.3. The molecule has 6 rings (SSSR count). The quantitative estimate of drug-likeness (QED) is 0.173. The van der Waals surface area contributed by atoms with Gasteiger partial charge in [-0.1, -0.05) is 23.7 Å². The van der Waals surface area contributed by atoms with E-state index in [9.17, 15) is 18.3 Å². The monoisotopic (exact) mass is 680 g/mol. The van der Waals surface area contributed by atoms with Crippen molar-refractivity contribution in [2.24, 2.45) is 7.05 Å². The van der Waals surface area contributed by atoms with Crippen LogP contribution < -0.4 is 14.8 Å². The summed E-state index contributed by atoms with van der Waals surface area (Å²) in [4.78, 5) is 26.2. The van der Waals surface area contributed by atoms with Gasteiger partial charge in [0, 0.05) is 55.5 Å². The number of nitrogens with one attached hydrogen (secondary N) is 2. The molecule has 0 spiro atoms. The van der Waals surface area contributed by atoms with E-state index in [2.05, 4.69) is 30.1 Å². The van der Waals surface area contributed by atoms with Crippen molar-refractivity contribution in [3.63, 3.8) is 0 Å². The number of rotatable bonds is 9. The van der Waals surface area contributed by atoms with Gasteiger partial charge >= 0.3 is 6.09 Å². The zero-order valence-corrected chi connectivity index (χ0v) is 26.9. The summed E-state index contributed by atoms with van der Waals surface area (Å²) in [5, 5.41) is 17.6. The molecule has 13 nitrogen and oxygen atoms in total. The number of carboxylic acid groups (broad SMARTS) is 1. The van der Waals surface area contributed by atoms with Crippen LogP contribution in [0.5, 0.6) is 11.6 Å². The molecule has 0 saturated carbocycles. The Bertz CT molecular complexity index is 2090. The molecule has 1 aliphatic rings. The molecule has 0 radical (unpaired) electrons. The van der Waals surface area contributed by atoms with E-state index in [1.54, 1.807) is 49.8 Å². The second-order valence-electron chi connectivity index (χ2n) is 11.1. The minimum Gasteiger partial charge on any atom is -0.465 e. The zero-order chi connectivity index (χ0) is 33.3. The number of amides is 1. The third-order valence-corrected chi connectivity index (χ3v) is 9.15. The number of pyridine rings is 1. The van der Waals surface area contributed by atoms with Crippen molar-refractivity contribution >= 4 is 50.1 Å². The smallest absolute Gasteiger partial charge is 0.407 e. The van der Waals surface area contributed by atoms with Crippen molar-refractivity contribution in [2.45, 2.75) is 31.6 Å². The highest BCUT2D eigenvalue weighted by molar-refractivity contribution is 7.91. The highest BCUT2D eigenvalue weighted by atomic mass is 35.5. The average Bonchev–Trinajstić information content (AvgIpc) is 3.35. The number of aromatic nitrogens is 5. The van der Waals surface area contributed by atoms with Gasteiger partial charge in [-0.15, -0.1) is 0 Å². The van der Waals surface area contributed by atoms with Crippen LogP contribution in [0, 0.1) is 12.7 Å². The molecule has 47 heavy (non-hydrogen) atoms. The molecule has 1 amide bonds. The number of halogens is 2. The van der Waals surface area contributed by atoms with E-state index in [1.807, 2.05) is 6.92 Å². The first-order valence-electron chi connectivity index (χ1n) is 14.6. The maximum atomic E-state index is 15.2. The maximum absolute atomic E-state index is 15.2. The number of ether oxygens (including phenoxy) is 1. The molecule has 3 N–H and O–H groups in total. The van der Waals surface area contributed by atoms with Gasteiger partial charge in [0.1, 0.15) is 17.3 Å². The summed E-state index contributed by atoms with van der Waals surface area (Å²) in [5.74, 6) is -0.441. The number of nitrogens with zero attached hydrogens (tertiary/aromatic N) is 6. The van der Waals surface area contributed by atoms with Gasteiger partial charge in [0.25, 0.3) is 0 Å². The van der Waals surface area contributed by atoms with Crippen molar-refractivity contribution in [2.75, 3.05) is 23.1 Å². The average molecular weight is 681 g/mol. The molecule has 1 saturated heterocycles. The van der Waals surface area contributed by atoms with Gasteiger partial charge in [-0.2, -0.15) is 5.10 Å². The van der Waals surface area contributed by atoms with Crippen molar-refractivity contribution in [3.05, 3.63) is 83.2 Å². The van der Waals surface area contributed by atoms with Crippen LogP contribution in [-0.4, -0.2) is 68.4 Å². The predicted octanol–water partition coefficient (Wildman–Crippen LogP) is 5.81. The zero-order valence-electron chi connectivity index (χ0n) is 25.3. The Kier molecular flexibility index (Phi) is 8.84. The van der Waals surface area contributed by atoms with Gasteiger partial charge < -0.3 is 20.1 Å². The highest BCUT2D eigenvalue weighted by Crippen LogP contribution is 2.40. The molecule has 5 aromatic rings. The Morgan fingerprint density at radius 1 is 1.15 bits per heavy atom. The number of carbonyl (C=O) groups is 1. The lowest BCUT2D eigenvalue weighted by Crippen LogP contribution is -2.44. The number of piperidine rings is 1. The lowest BCUT2D eigenvalue weighted by atomic mass is 10.0. The molecule has 0 bridgehead atoms. The number of anilines is 2. The molecule has 1 atom stereocenters. The second kappa shape index (κ2) is 13.0. The SMILES string of the molecule is Cc1ccc2c(NS(=O)(=O)Cc3nn(C)cc3Cl)c(F)ccc2c1Oc1ncccc1-c1ccnc(N[C@H]2CCCN(C(=O)O)C2)n1. The van der Waals surface area contributed by atoms with Crippen LogP contribution in [0.1, 0.15) is 24.1 Å². The van der Waals surface area contributed by atoms with Crippen LogP contribution in [0.4, 0.5) is 20.8 Å². The van der Waals surface area contributed by atoms with Gasteiger partial charge in [0.15, 0.2) is 0 Å². The summed E-state index contributed by atoms with van der Waals surface area (Å²) >= 11 is 6.12. The Morgan fingerprint density at radius 2 is 1.96 bits per heavy atom. The Balaban J connectivity index is 1.30. The molecule has 3 aromatic heterocycles. The summed E-state index contributed by atoms with van der Waals surface area (Å²) in [5.41, 5.74) is 1.63. The topological polar surface area (TPSA) is 164 Å². The Labute approximate surface area is 274 Å². The largest absolute Gasteiger partial charge is 0.465 e. The number of sulfonamides is 1. The van der Waals surface area contributed by atoms with Gasteiger partial charge in [0.05, 0.1) is 27.7 Å². The van der Waals surface area contributed by atoms with E-state index in [4.69, 9.17) is 16.3 Å². The number of hydrogen-bond acceptors (Lipinski definition) is 9. The molecule has 0 unspecified atom stereocenters. The summed E-state index contributed by atoms with van der Waals surface area (Å²) in [7, 11) is -2.50. The number of likely N-dealkylation sites (tertiary alicyclic amines) is 1. The van der Waals surface area contributed by atoms with E-state index >= 15 is 4.39 Å². The first kappa shape index (κ1) is 31.9. The first-order chi connectivity index (χ1) is 22.5. The lowest BCUT2D eigenvalue weighted by Gasteiger charge is -2.31. The molecule has 1 aliphatic heterocycles. The normalized spacial score (nSPS) is 15.1. The third-order valence-electron chi connectivity index (χ3n) is 7.66. The fourth-order valence-electron chi connectivity index (χ4n) is 5.47. The Hall–Kier alpha value is -5.02. The van der Waals surface area contributed by atoms with Gasteiger partial charge in [-0.05, 0) is 55.7 Å². The van der Waals surface area contributed by atoms with E-state index in [0.717, 1.165) is 12.8 Å². The van der Waals surface area contributed by atoms with Crippen LogP contribution >= 0.6 is 11.6 Å². The van der Waals surface area contributed by atoms with E-state index in [0.29, 0.717) is 47.0 Å². The van der Waals surface area contributed by atoms with Crippen LogP contribution in [0.2, 0.25) is 5.02 Å². The fourth-order valence-corrected chi connectivity index (χ4v) is 6.96. The van der Waals surface area contributed by atoms with Gasteiger partial charge in [0.2, 0.25) is 21.9 Å². The lowest BCUT2D eigenvalue weighted by molar-refractivity contribution is 0.132. The van der Waals surface area contributed by atoms with Crippen molar-refractivity contribution in [1.29, 1.82) is 0 Å². The predicted molar refractivity (Wildman–Crippen MR) is 175 cm³/mol. The van der Waals surface area contributed by atoms with E-state index in [-0.39, 0.29) is 33.7 Å². The molecule has 4 heterocycles. The number of aryl methyl sites for hydroxylation is 2. The van der Waals surface area contributed by atoms with Crippen LogP contribution in [0.3, 0.4) is 0 Å². The summed E-state index contributed by atoms with van der Waals surface area (Å²) in [6.07, 6.45) is 5.16. The third kappa shape index (κ3) is 7.05. The van der Waals surface area contributed by atoms with Crippen LogP contribution in [-0.2, 0) is 22.8 Å². The molecular weight excluding hydrogens is 651 g/mol. The summed E-state index contributed by atoms with van der Waals surface area (Å²) < 4.78 is 51.6. The first-order valence-corrected chi connectivity index (χ1v) is 16.6. The minimum absolute atomic E-state index is 0.133. The van der Waals surface area contributed by atoms with Crippen LogP contribution in [0.25, 0.3) is 22.0 Å². The molecule has 16 heteroatoms. The van der Waals surface area contributed by atoms with Crippen molar-refractivity contribution < 1.29 is 27.4 Å². The van der Waals surface area contributed by atoms with E-state index in [1.165, 1.54) is 27.9 Å². The summed E-state index contributed by atoms with van der Waals surface area (Å²) in [6, 6.07) is 11.1. The van der Waals surface area contributed by atoms with Gasteiger partial charge in [-0.25, -0.2) is 32.6 Å². The van der Waals surface area contributed by atoms with Crippen LogP contribution in [0.15, 0.2) is 61.1 Å². The van der Waals surface area contributed by atoms with Gasteiger partial charge in [-0.3, -0.25) is 9.40 Å². The van der Waals surface area contributed by atoms with E-state index < -0.39 is 27.7 Å². The number of hydrogen-bond donors (Lipinski definition) is 3. The maximum Gasteiger partial charge on any atom is 0.407 e. The molecule has 244 valence electrons. The van der Waals surface area contributed by atoms with Crippen molar-refractivity contribution in [1.82, 2.24) is 29.6 Å². The molecule has 1 fully saturated rings. The van der Waals surface area contributed by atoms with Crippen molar-refractivity contribution in [3.8, 4) is 22.9 Å². The standard InChI is InChI=1S/C31H30ClFN8O5S/c1-18-7-8-20-21(9-10-24(33)27(20)39-47(44,45)17-26-23(32)16-40(2)38-26)28(18)46-29-22(6-3-12-34-29)25-11-13-35-30(37-25)36-19-5-4-14-41(15-19)31(42)43/h3,6-13,16,19,39H,4-5,14-15,17H2,1-2H3,(H,42,43)(H,35,36,37)/t19-/m0/s1. The molecule has 0 aliphatic carbocycles. The Morgan fingerprint density at radius 3 is 2.72 bits per heavy atom. The number of benzene rings is 2. The summed E-state index contributed by atoms with van der Waals surface area (Å²) in [6.45, 7) is 2.61. The molecule has 2 aromatic carbocycles.